The van der Waals surface area contributed by atoms with Gasteiger partial charge in [0.15, 0.2) is 0 Å². The number of halogens is 4. The van der Waals surface area contributed by atoms with E-state index in [1.165, 1.54) is 24.3 Å². The van der Waals surface area contributed by atoms with Crippen LogP contribution in [0.3, 0.4) is 0 Å². The minimum Gasteiger partial charge on any atom is -0.406 e. The third-order valence-corrected chi connectivity index (χ3v) is 4.50. The van der Waals surface area contributed by atoms with Gasteiger partial charge in [0.1, 0.15) is 11.6 Å². The molecule has 156 valence electrons. The SMILES string of the molecule is O=C(CN1CCN(Cc2cccc(F)c2)CC1)Nc1ccc(OC(F)(F)F)cc1. The number of hydrogen-bond acceptors (Lipinski definition) is 4. The molecule has 0 radical (unpaired) electrons. The van der Waals surface area contributed by atoms with Crippen molar-refractivity contribution in [2.75, 3.05) is 38.0 Å². The Balaban J connectivity index is 1.41. The van der Waals surface area contributed by atoms with E-state index in [0.29, 0.717) is 25.3 Å². The summed E-state index contributed by atoms with van der Waals surface area (Å²) in [6.45, 7) is 3.75. The van der Waals surface area contributed by atoms with Crippen molar-refractivity contribution in [1.29, 1.82) is 0 Å². The van der Waals surface area contributed by atoms with Gasteiger partial charge >= 0.3 is 6.36 Å². The highest BCUT2D eigenvalue weighted by molar-refractivity contribution is 5.92. The third-order valence-electron chi connectivity index (χ3n) is 4.50. The normalized spacial score (nSPS) is 15.9. The van der Waals surface area contributed by atoms with Gasteiger partial charge in [0.2, 0.25) is 5.91 Å². The van der Waals surface area contributed by atoms with Gasteiger partial charge in [-0.1, -0.05) is 12.1 Å². The standard InChI is InChI=1S/C20H21F4N3O2/c21-16-3-1-2-15(12-16)13-26-8-10-27(11-9-26)14-19(28)25-17-4-6-18(7-5-17)29-20(22,23)24/h1-7,12H,8-11,13-14H2,(H,25,28). The van der Waals surface area contributed by atoms with Gasteiger partial charge in [0.05, 0.1) is 6.54 Å². The lowest BCUT2D eigenvalue weighted by Crippen LogP contribution is -2.48. The Hall–Kier alpha value is -2.65. The molecule has 2 aromatic carbocycles. The zero-order valence-corrected chi connectivity index (χ0v) is 15.6. The summed E-state index contributed by atoms with van der Waals surface area (Å²) in [5.74, 6) is -0.839. The van der Waals surface area contributed by atoms with Crippen LogP contribution in [0.2, 0.25) is 0 Å². The molecule has 1 fully saturated rings. The Morgan fingerprint density at radius 2 is 1.66 bits per heavy atom. The first-order valence-electron chi connectivity index (χ1n) is 9.12. The van der Waals surface area contributed by atoms with Crippen LogP contribution in [0, 0.1) is 5.82 Å². The number of piperazine rings is 1. The fourth-order valence-electron chi connectivity index (χ4n) is 3.14. The summed E-state index contributed by atoms with van der Waals surface area (Å²) in [5, 5.41) is 2.66. The molecule has 3 rings (SSSR count). The van der Waals surface area contributed by atoms with Gasteiger partial charge in [-0.25, -0.2) is 4.39 Å². The van der Waals surface area contributed by atoms with Gasteiger partial charge in [0, 0.05) is 38.4 Å². The van der Waals surface area contributed by atoms with Crippen molar-refractivity contribution >= 4 is 11.6 Å². The maximum absolute atomic E-state index is 13.3. The Kier molecular flexibility index (Phi) is 6.71. The minimum atomic E-state index is -4.75. The van der Waals surface area contributed by atoms with Crippen molar-refractivity contribution in [3.63, 3.8) is 0 Å². The van der Waals surface area contributed by atoms with Crippen LogP contribution < -0.4 is 10.1 Å². The van der Waals surface area contributed by atoms with E-state index >= 15 is 0 Å². The Bertz CT molecular complexity index is 819. The molecule has 1 heterocycles. The average Bonchev–Trinajstić information content (AvgIpc) is 2.64. The van der Waals surface area contributed by atoms with Gasteiger partial charge in [0.25, 0.3) is 0 Å². The van der Waals surface area contributed by atoms with E-state index in [-0.39, 0.29) is 24.0 Å². The number of nitrogens with one attached hydrogen (secondary N) is 1. The number of alkyl halides is 3. The molecule has 2 aromatic rings. The lowest BCUT2D eigenvalue weighted by molar-refractivity contribution is -0.274. The molecule has 0 unspecified atom stereocenters. The van der Waals surface area contributed by atoms with Gasteiger partial charge < -0.3 is 10.1 Å². The van der Waals surface area contributed by atoms with Crippen LogP contribution >= 0.6 is 0 Å². The number of rotatable bonds is 6. The molecule has 9 heteroatoms. The van der Waals surface area contributed by atoms with Crippen molar-refractivity contribution in [3.05, 3.63) is 59.9 Å². The number of carbonyl (C=O) groups excluding carboxylic acids is 1. The molecule has 1 aliphatic heterocycles. The summed E-state index contributed by atoms with van der Waals surface area (Å²) in [6, 6.07) is 11.5. The molecule has 0 aromatic heterocycles. The number of ether oxygens (including phenoxy) is 1. The van der Waals surface area contributed by atoms with Crippen LogP contribution in [0.5, 0.6) is 5.75 Å². The highest BCUT2D eigenvalue weighted by Crippen LogP contribution is 2.24. The first-order chi connectivity index (χ1) is 13.8. The molecule has 1 N–H and O–H groups in total. The van der Waals surface area contributed by atoms with E-state index in [1.807, 2.05) is 11.0 Å². The van der Waals surface area contributed by atoms with Crippen molar-refractivity contribution < 1.29 is 27.1 Å². The molecular weight excluding hydrogens is 390 g/mol. The maximum Gasteiger partial charge on any atom is 0.573 e. The van der Waals surface area contributed by atoms with Crippen molar-refractivity contribution in [3.8, 4) is 5.75 Å². The molecule has 0 spiro atoms. The number of carbonyl (C=O) groups is 1. The summed E-state index contributed by atoms with van der Waals surface area (Å²) in [4.78, 5) is 16.4. The predicted octanol–water partition coefficient (Wildman–Crippen LogP) is 3.48. The predicted molar refractivity (Wildman–Crippen MR) is 99.9 cm³/mol. The summed E-state index contributed by atoms with van der Waals surface area (Å²) in [7, 11) is 0. The molecule has 0 bridgehead atoms. The molecule has 5 nitrogen and oxygen atoms in total. The van der Waals surface area contributed by atoms with E-state index in [0.717, 1.165) is 30.8 Å². The van der Waals surface area contributed by atoms with Gasteiger partial charge in [-0.15, -0.1) is 13.2 Å². The average molecular weight is 411 g/mol. The highest BCUT2D eigenvalue weighted by atomic mass is 19.4. The van der Waals surface area contributed by atoms with Crippen molar-refractivity contribution in [1.82, 2.24) is 9.80 Å². The van der Waals surface area contributed by atoms with E-state index in [1.54, 1.807) is 6.07 Å². The molecule has 1 amide bonds. The zero-order valence-electron chi connectivity index (χ0n) is 15.6. The van der Waals surface area contributed by atoms with E-state index in [9.17, 15) is 22.4 Å². The number of anilines is 1. The molecule has 0 saturated carbocycles. The van der Waals surface area contributed by atoms with Crippen molar-refractivity contribution in [2.45, 2.75) is 12.9 Å². The highest BCUT2D eigenvalue weighted by Gasteiger charge is 2.31. The third kappa shape index (κ3) is 7.03. The summed E-state index contributed by atoms with van der Waals surface area (Å²) < 4.78 is 53.6. The van der Waals surface area contributed by atoms with Gasteiger partial charge in [-0.05, 0) is 42.0 Å². The van der Waals surface area contributed by atoms with E-state index in [2.05, 4.69) is 15.0 Å². The summed E-state index contributed by atoms with van der Waals surface area (Å²) >= 11 is 0. The van der Waals surface area contributed by atoms with Crippen molar-refractivity contribution in [2.24, 2.45) is 0 Å². The molecule has 29 heavy (non-hydrogen) atoms. The number of nitrogens with zero attached hydrogens (tertiary/aromatic N) is 2. The van der Waals surface area contributed by atoms with Gasteiger partial charge in [-0.3, -0.25) is 14.6 Å². The van der Waals surface area contributed by atoms with Crippen LogP contribution in [0.15, 0.2) is 48.5 Å². The second-order valence-corrected chi connectivity index (χ2v) is 6.80. The lowest BCUT2D eigenvalue weighted by Gasteiger charge is -2.34. The topological polar surface area (TPSA) is 44.8 Å². The fourth-order valence-corrected chi connectivity index (χ4v) is 3.14. The second kappa shape index (κ2) is 9.23. The van der Waals surface area contributed by atoms with Crippen LogP contribution in [0.25, 0.3) is 0 Å². The number of amides is 1. The van der Waals surface area contributed by atoms with Crippen LogP contribution in [0.1, 0.15) is 5.56 Å². The molecule has 1 saturated heterocycles. The number of benzene rings is 2. The van der Waals surface area contributed by atoms with Crippen LogP contribution in [0.4, 0.5) is 23.2 Å². The summed E-state index contributed by atoms with van der Waals surface area (Å²) in [5.41, 5.74) is 1.31. The lowest BCUT2D eigenvalue weighted by atomic mass is 10.2. The molecule has 0 aliphatic carbocycles. The van der Waals surface area contributed by atoms with Crippen LogP contribution in [-0.4, -0.2) is 54.8 Å². The quantitative estimate of drug-likeness (QED) is 0.740. The first-order valence-corrected chi connectivity index (χ1v) is 9.12. The summed E-state index contributed by atoms with van der Waals surface area (Å²) in [6.07, 6.45) is -4.75. The monoisotopic (exact) mass is 411 g/mol. The first kappa shape index (κ1) is 21.1. The Morgan fingerprint density at radius 1 is 1.00 bits per heavy atom. The zero-order chi connectivity index (χ0) is 20.9. The van der Waals surface area contributed by atoms with E-state index < -0.39 is 6.36 Å². The van der Waals surface area contributed by atoms with E-state index in [4.69, 9.17) is 0 Å². The number of hydrogen-bond donors (Lipinski definition) is 1. The van der Waals surface area contributed by atoms with Gasteiger partial charge in [-0.2, -0.15) is 0 Å². The largest absolute Gasteiger partial charge is 0.573 e. The Labute approximate surface area is 165 Å². The molecule has 1 aliphatic rings. The minimum absolute atomic E-state index is 0.189. The smallest absolute Gasteiger partial charge is 0.406 e. The second-order valence-electron chi connectivity index (χ2n) is 6.80. The maximum atomic E-state index is 13.3. The molecule has 0 atom stereocenters. The molecular formula is C20H21F4N3O2. The fraction of sp³-hybridized carbons (Fsp3) is 0.350. The van der Waals surface area contributed by atoms with Crippen LogP contribution in [-0.2, 0) is 11.3 Å². The Morgan fingerprint density at radius 3 is 2.28 bits per heavy atom.